The van der Waals surface area contributed by atoms with Crippen LogP contribution in [0, 0.1) is 5.92 Å². The van der Waals surface area contributed by atoms with Crippen LogP contribution in [-0.4, -0.2) is 6.54 Å². The Morgan fingerprint density at radius 3 is 3.33 bits per heavy atom. The number of aryl methyl sites for hydroxylation is 1. The van der Waals surface area contributed by atoms with Crippen molar-refractivity contribution in [1.82, 2.24) is 0 Å². The molecular weight excluding hydrogens is 150 g/mol. The average molecular weight is 165 g/mol. The van der Waals surface area contributed by atoms with Crippen molar-refractivity contribution >= 4 is 0 Å². The lowest BCUT2D eigenvalue weighted by atomic mass is 9.93. The number of hydrogen-bond acceptors (Lipinski definition) is 2. The van der Waals surface area contributed by atoms with E-state index in [-0.39, 0.29) is 0 Å². The van der Waals surface area contributed by atoms with E-state index in [1.165, 1.54) is 24.2 Å². The number of furan rings is 1. The summed E-state index contributed by atoms with van der Waals surface area (Å²) in [6.45, 7) is 2.95. The predicted octanol–water partition coefficient (Wildman–Crippen LogP) is 1.90. The van der Waals surface area contributed by atoms with E-state index in [0.29, 0.717) is 11.8 Å². The normalized spacial score (nSPS) is 24.0. The molecule has 0 aliphatic heterocycles. The van der Waals surface area contributed by atoms with E-state index in [9.17, 15) is 0 Å². The lowest BCUT2D eigenvalue weighted by Gasteiger charge is -2.15. The number of rotatable bonds is 2. The molecule has 0 fully saturated rings. The maximum Gasteiger partial charge on any atom is 0.110 e. The standard InChI is InChI=1S/C10H15NO/c1-7(6-11)9-3-2-8-4-5-12-10(8)9/h4-5,7,9H,2-3,6,11H2,1H3. The van der Waals surface area contributed by atoms with Crippen molar-refractivity contribution in [1.29, 1.82) is 0 Å². The van der Waals surface area contributed by atoms with Crippen LogP contribution < -0.4 is 5.73 Å². The zero-order chi connectivity index (χ0) is 8.55. The summed E-state index contributed by atoms with van der Waals surface area (Å²) in [6.07, 6.45) is 4.17. The van der Waals surface area contributed by atoms with Crippen molar-refractivity contribution in [2.24, 2.45) is 11.7 Å². The molecule has 2 unspecified atom stereocenters. The molecule has 2 N–H and O–H groups in total. The third kappa shape index (κ3) is 1.07. The van der Waals surface area contributed by atoms with Crippen LogP contribution in [0.1, 0.15) is 30.6 Å². The Morgan fingerprint density at radius 2 is 2.58 bits per heavy atom. The Bertz CT molecular complexity index is 267. The number of fused-ring (bicyclic) bond motifs is 1. The van der Waals surface area contributed by atoms with Gasteiger partial charge in [-0.05, 0) is 36.9 Å². The molecule has 1 heterocycles. The molecule has 2 heteroatoms. The molecule has 0 saturated heterocycles. The smallest absolute Gasteiger partial charge is 0.110 e. The molecule has 66 valence electrons. The highest BCUT2D eigenvalue weighted by Crippen LogP contribution is 2.38. The SMILES string of the molecule is CC(CN)C1CCc2ccoc21. The fourth-order valence-corrected chi connectivity index (χ4v) is 2.03. The van der Waals surface area contributed by atoms with Gasteiger partial charge in [-0.15, -0.1) is 0 Å². The Hall–Kier alpha value is -0.760. The van der Waals surface area contributed by atoms with E-state index in [1.54, 1.807) is 6.26 Å². The Balaban J connectivity index is 2.22. The zero-order valence-corrected chi connectivity index (χ0v) is 7.42. The van der Waals surface area contributed by atoms with E-state index >= 15 is 0 Å². The molecule has 1 aliphatic rings. The molecule has 0 radical (unpaired) electrons. The minimum atomic E-state index is 0.553. The van der Waals surface area contributed by atoms with Crippen molar-refractivity contribution in [2.75, 3.05) is 6.54 Å². The molecule has 0 bridgehead atoms. The van der Waals surface area contributed by atoms with Crippen LogP contribution in [0.15, 0.2) is 16.7 Å². The second-order valence-electron chi connectivity index (χ2n) is 3.67. The van der Waals surface area contributed by atoms with Gasteiger partial charge in [0.1, 0.15) is 5.76 Å². The molecule has 0 amide bonds. The summed E-state index contributed by atoms with van der Waals surface area (Å²) in [5.41, 5.74) is 7.03. The first-order valence-corrected chi connectivity index (χ1v) is 4.59. The minimum absolute atomic E-state index is 0.553. The largest absolute Gasteiger partial charge is 0.469 e. The molecule has 12 heavy (non-hydrogen) atoms. The van der Waals surface area contributed by atoms with Crippen LogP contribution in [0.5, 0.6) is 0 Å². The number of hydrogen-bond donors (Lipinski definition) is 1. The van der Waals surface area contributed by atoms with E-state index in [1.807, 2.05) is 0 Å². The van der Waals surface area contributed by atoms with Crippen molar-refractivity contribution in [3.8, 4) is 0 Å². The van der Waals surface area contributed by atoms with Gasteiger partial charge in [0.25, 0.3) is 0 Å². The quantitative estimate of drug-likeness (QED) is 0.727. The van der Waals surface area contributed by atoms with Crippen LogP contribution in [0.2, 0.25) is 0 Å². The van der Waals surface area contributed by atoms with Crippen molar-refractivity contribution in [2.45, 2.75) is 25.7 Å². The van der Waals surface area contributed by atoms with Gasteiger partial charge in [0, 0.05) is 5.92 Å². The summed E-state index contributed by atoms with van der Waals surface area (Å²) in [4.78, 5) is 0. The topological polar surface area (TPSA) is 39.2 Å². The van der Waals surface area contributed by atoms with Gasteiger partial charge in [-0.2, -0.15) is 0 Å². The molecule has 1 aliphatic carbocycles. The van der Waals surface area contributed by atoms with Gasteiger partial charge in [0.2, 0.25) is 0 Å². The van der Waals surface area contributed by atoms with E-state index in [4.69, 9.17) is 10.2 Å². The van der Waals surface area contributed by atoms with Crippen LogP contribution in [-0.2, 0) is 6.42 Å². The first-order chi connectivity index (χ1) is 5.83. The molecule has 2 nitrogen and oxygen atoms in total. The second-order valence-corrected chi connectivity index (χ2v) is 3.67. The van der Waals surface area contributed by atoms with Gasteiger partial charge in [-0.1, -0.05) is 6.92 Å². The van der Waals surface area contributed by atoms with Gasteiger partial charge in [0.15, 0.2) is 0 Å². The summed E-state index contributed by atoms with van der Waals surface area (Å²) in [5, 5.41) is 0. The third-order valence-electron chi connectivity index (χ3n) is 2.90. The molecule has 0 saturated carbocycles. The third-order valence-corrected chi connectivity index (χ3v) is 2.90. The maximum absolute atomic E-state index is 5.64. The van der Waals surface area contributed by atoms with Gasteiger partial charge < -0.3 is 10.2 Å². The van der Waals surface area contributed by atoms with Gasteiger partial charge in [-0.25, -0.2) is 0 Å². The van der Waals surface area contributed by atoms with Crippen molar-refractivity contribution in [3.05, 3.63) is 23.7 Å². The molecule has 1 aromatic rings. The summed E-state index contributed by atoms with van der Waals surface area (Å²) >= 11 is 0. The van der Waals surface area contributed by atoms with E-state index in [0.717, 1.165) is 6.54 Å². The van der Waals surface area contributed by atoms with E-state index in [2.05, 4.69) is 13.0 Å². The second kappa shape index (κ2) is 2.94. The Morgan fingerprint density at radius 1 is 1.75 bits per heavy atom. The molecule has 0 aromatic carbocycles. The van der Waals surface area contributed by atoms with Crippen LogP contribution in [0.3, 0.4) is 0 Å². The maximum atomic E-state index is 5.64. The predicted molar refractivity (Wildman–Crippen MR) is 48.0 cm³/mol. The minimum Gasteiger partial charge on any atom is -0.469 e. The Kier molecular flexibility index (Phi) is 1.93. The average Bonchev–Trinajstić information content (AvgIpc) is 2.62. The summed E-state index contributed by atoms with van der Waals surface area (Å²) in [6, 6.07) is 2.08. The van der Waals surface area contributed by atoms with E-state index < -0.39 is 0 Å². The molecule has 2 atom stereocenters. The highest BCUT2D eigenvalue weighted by atomic mass is 16.3. The lowest BCUT2D eigenvalue weighted by Crippen LogP contribution is -2.17. The fourth-order valence-electron chi connectivity index (χ4n) is 2.03. The summed E-state index contributed by atoms with van der Waals surface area (Å²) in [7, 11) is 0. The molecule has 2 rings (SSSR count). The Labute approximate surface area is 72.7 Å². The van der Waals surface area contributed by atoms with Crippen molar-refractivity contribution < 1.29 is 4.42 Å². The number of nitrogens with two attached hydrogens (primary N) is 1. The van der Waals surface area contributed by atoms with Crippen molar-refractivity contribution in [3.63, 3.8) is 0 Å². The highest BCUT2D eigenvalue weighted by Gasteiger charge is 2.29. The molecule has 1 aromatic heterocycles. The molecular formula is C10H15NO. The van der Waals surface area contributed by atoms with Gasteiger partial charge >= 0.3 is 0 Å². The fraction of sp³-hybridized carbons (Fsp3) is 0.600. The van der Waals surface area contributed by atoms with Gasteiger partial charge in [-0.3, -0.25) is 0 Å². The first kappa shape index (κ1) is 7.87. The van der Waals surface area contributed by atoms with Gasteiger partial charge in [0.05, 0.1) is 6.26 Å². The monoisotopic (exact) mass is 165 g/mol. The summed E-state index contributed by atoms with van der Waals surface area (Å²) < 4.78 is 5.46. The highest BCUT2D eigenvalue weighted by molar-refractivity contribution is 5.26. The lowest BCUT2D eigenvalue weighted by molar-refractivity contribution is 0.387. The van der Waals surface area contributed by atoms with Crippen LogP contribution >= 0.6 is 0 Å². The zero-order valence-electron chi connectivity index (χ0n) is 7.42. The summed E-state index contributed by atoms with van der Waals surface area (Å²) in [5.74, 6) is 2.31. The van der Waals surface area contributed by atoms with Crippen LogP contribution in [0.25, 0.3) is 0 Å². The first-order valence-electron chi connectivity index (χ1n) is 4.59. The molecule has 0 spiro atoms. The van der Waals surface area contributed by atoms with Crippen LogP contribution in [0.4, 0.5) is 0 Å².